The molecule has 0 radical (unpaired) electrons. The predicted octanol–water partition coefficient (Wildman–Crippen LogP) is 7.09. The molecule has 0 saturated heterocycles. The fourth-order valence-electron chi connectivity index (χ4n) is 5.54. The number of ether oxygens (including phenoxy) is 1. The smallest absolute Gasteiger partial charge is 0.408 e. The van der Waals surface area contributed by atoms with E-state index in [1.165, 1.54) is 4.90 Å². The van der Waals surface area contributed by atoms with Gasteiger partial charge in [-0.2, -0.15) is 0 Å². The lowest BCUT2D eigenvalue weighted by Gasteiger charge is -2.35. The molecule has 0 spiro atoms. The number of carbonyl (C=O) groups excluding carboxylic acids is 4. The maximum atomic E-state index is 14.4. The molecular formula is C37H50N4O5. The number of primary amides is 1. The van der Waals surface area contributed by atoms with E-state index < -0.39 is 47.9 Å². The van der Waals surface area contributed by atoms with Gasteiger partial charge in [0.15, 0.2) is 0 Å². The number of amides is 4. The van der Waals surface area contributed by atoms with Crippen LogP contribution in [0.4, 0.5) is 10.5 Å². The van der Waals surface area contributed by atoms with Gasteiger partial charge >= 0.3 is 6.09 Å². The Bertz CT molecular complexity index is 1510. The average molecular weight is 631 g/mol. The third kappa shape index (κ3) is 10.9. The van der Waals surface area contributed by atoms with Crippen LogP contribution in [0.3, 0.4) is 0 Å². The van der Waals surface area contributed by atoms with Crippen molar-refractivity contribution >= 4 is 40.3 Å². The van der Waals surface area contributed by atoms with Crippen LogP contribution in [0.2, 0.25) is 0 Å². The molecule has 0 aliphatic carbocycles. The Morgan fingerprint density at radius 3 is 2.20 bits per heavy atom. The highest BCUT2D eigenvalue weighted by Gasteiger charge is 2.37. The van der Waals surface area contributed by atoms with Crippen molar-refractivity contribution in [3.8, 4) is 0 Å². The lowest BCUT2D eigenvalue weighted by atomic mass is 9.95. The minimum Gasteiger partial charge on any atom is -0.444 e. The maximum Gasteiger partial charge on any atom is 0.408 e. The topological polar surface area (TPSA) is 131 Å². The van der Waals surface area contributed by atoms with Gasteiger partial charge in [0.1, 0.15) is 17.7 Å². The van der Waals surface area contributed by atoms with Crippen molar-refractivity contribution in [3.63, 3.8) is 0 Å². The quantitative estimate of drug-likeness (QED) is 0.154. The Morgan fingerprint density at radius 2 is 1.54 bits per heavy atom. The second-order valence-corrected chi connectivity index (χ2v) is 13.0. The van der Waals surface area contributed by atoms with Gasteiger partial charge in [-0.1, -0.05) is 93.1 Å². The van der Waals surface area contributed by atoms with Crippen LogP contribution in [0.25, 0.3) is 10.8 Å². The van der Waals surface area contributed by atoms with Crippen LogP contribution in [-0.2, 0) is 19.1 Å². The lowest BCUT2D eigenvalue weighted by Crippen LogP contribution is -2.53. The Morgan fingerprint density at radius 1 is 0.870 bits per heavy atom. The number of carbonyl (C=O) groups is 4. The Hall–Kier alpha value is -4.40. The Labute approximate surface area is 273 Å². The second-order valence-electron chi connectivity index (χ2n) is 13.0. The van der Waals surface area contributed by atoms with Crippen molar-refractivity contribution < 1.29 is 23.9 Å². The largest absolute Gasteiger partial charge is 0.444 e. The number of aryl methyl sites for hydroxylation is 2. The molecule has 2 atom stereocenters. The van der Waals surface area contributed by atoms with Crippen LogP contribution in [-0.4, -0.2) is 46.9 Å². The summed E-state index contributed by atoms with van der Waals surface area (Å²) in [6.45, 7) is 11.4. The highest BCUT2D eigenvalue weighted by atomic mass is 16.6. The number of anilines is 1. The van der Waals surface area contributed by atoms with E-state index in [1.54, 1.807) is 20.8 Å². The molecule has 2 unspecified atom stereocenters. The van der Waals surface area contributed by atoms with E-state index in [4.69, 9.17) is 10.5 Å². The lowest BCUT2D eigenvalue weighted by molar-refractivity contribution is -0.142. The molecule has 0 heterocycles. The van der Waals surface area contributed by atoms with Gasteiger partial charge in [-0.25, -0.2) is 4.79 Å². The number of benzene rings is 3. The van der Waals surface area contributed by atoms with Gasteiger partial charge in [-0.05, 0) is 75.1 Å². The molecule has 0 fully saturated rings. The first-order valence-corrected chi connectivity index (χ1v) is 16.2. The molecule has 3 aromatic carbocycles. The molecule has 0 saturated carbocycles. The molecule has 0 aromatic heterocycles. The van der Waals surface area contributed by atoms with Crippen LogP contribution in [0.1, 0.15) is 95.4 Å². The first kappa shape index (κ1) is 36.1. The summed E-state index contributed by atoms with van der Waals surface area (Å²) in [5.74, 6) is -1.76. The van der Waals surface area contributed by atoms with Crippen molar-refractivity contribution in [1.29, 1.82) is 0 Å². The predicted molar refractivity (Wildman–Crippen MR) is 183 cm³/mol. The molecule has 46 heavy (non-hydrogen) atoms. The zero-order chi connectivity index (χ0) is 33.9. The number of nitrogens with one attached hydrogen (secondary N) is 2. The molecule has 9 heteroatoms. The third-order valence-electron chi connectivity index (χ3n) is 7.73. The monoisotopic (exact) mass is 630 g/mol. The van der Waals surface area contributed by atoms with E-state index in [2.05, 4.69) is 17.6 Å². The number of unbranched alkanes of at least 4 members (excludes halogenated alkanes) is 5. The number of hydrogen-bond acceptors (Lipinski definition) is 5. The molecule has 3 rings (SSSR count). The first-order valence-electron chi connectivity index (χ1n) is 16.2. The third-order valence-corrected chi connectivity index (χ3v) is 7.73. The summed E-state index contributed by atoms with van der Waals surface area (Å²) in [7, 11) is 0. The summed E-state index contributed by atoms with van der Waals surface area (Å²) in [6, 6.07) is 16.9. The highest BCUT2D eigenvalue weighted by molar-refractivity contribution is 6.01. The molecule has 0 aliphatic rings. The average Bonchev–Trinajstić information content (AvgIpc) is 2.97. The minimum atomic E-state index is -1.32. The molecule has 0 bridgehead atoms. The van der Waals surface area contributed by atoms with Crippen LogP contribution < -0.4 is 16.4 Å². The number of nitrogens with zero attached hydrogens (tertiary/aromatic N) is 1. The number of rotatable bonds is 15. The molecule has 4 N–H and O–H groups in total. The van der Waals surface area contributed by atoms with Crippen molar-refractivity contribution in [2.75, 3.05) is 11.9 Å². The van der Waals surface area contributed by atoms with Crippen molar-refractivity contribution in [2.24, 2.45) is 5.73 Å². The number of nitrogens with two attached hydrogens (primary N) is 1. The number of hydrogen-bond donors (Lipinski definition) is 3. The van der Waals surface area contributed by atoms with Crippen LogP contribution in [0, 0.1) is 13.8 Å². The van der Waals surface area contributed by atoms with Crippen molar-refractivity contribution in [1.82, 2.24) is 10.2 Å². The van der Waals surface area contributed by atoms with E-state index in [1.807, 2.05) is 74.5 Å². The maximum absolute atomic E-state index is 14.4. The van der Waals surface area contributed by atoms with E-state index in [0.717, 1.165) is 54.0 Å². The standard InChI is InChI=1S/C37H50N4O5/c1-7-8-9-10-11-14-21-41(35(44)31(24-32(38)42)40-36(45)46-37(4,5)6)33(30-20-17-25(2)22-26(30)3)34(43)39-29-19-18-27-15-12-13-16-28(27)23-29/h12-13,15-20,22-23,31,33H,7-11,14,21,24H2,1-6H3,(H2,38,42)(H,39,43)(H,40,45). The van der Waals surface area contributed by atoms with Gasteiger partial charge in [0.05, 0.1) is 6.42 Å². The summed E-state index contributed by atoms with van der Waals surface area (Å²) < 4.78 is 5.40. The second kappa shape index (κ2) is 16.8. The Balaban J connectivity index is 2.05. The molecule has 4 amide bonds. The van der Waals surface area contributed by atoms with E-state index in [-0.39, 0.29) is 6.54 Å². The van der Waals surface area contributed by atoms with Crippen molar-refractivity contribution in [3.05, 3.63) is 77.4 Å². The summed E-state index contributed by atoms with van der Waals surface area (Å²) in [5, 5.41) is 7.60. The van der Waals surface area contributed by atoms with Gasteiger partial charge in [0.2, 0.25) is 11.8 Å². The van der Waals surface area contributed by atoms with Gasteiger partial charge < -0.3 is 26.0 Å². The molecule has 3 aromatic rings. The van der Waals surface area contributed by atoms with E-state index in [0.29, 0.717) is 17.7 Å². The summed E-state index contributed by atoms with van der Waals surface area (Å²) in [4.78, 5) is 55.3. The van der Waals surface area contributed by atoms with Crippen LogP contribution >= 0.6 is 0 Å². The molecular weight excluding hydrogens is 580 g/mol. The molecule has 9 nitrogen and oxygen atoms in total. The zero-order valence-electron chi connectivity index (χ0n) is 28.2. The number of fused-ring (bicyclic) bond motifs is 1. The fraction of sp³-hybridized carbons (Fsp3) is 0.459. The zero-order valence-corrected chi connectivity index (χ0v) is 28.2. The molecule has 248 valence electrons. The van der Waals surface area contributed by atoms with Gasteiger partial charge in [-0.15, -0.1) is 0 Å². The molecule has 0 aliphatic heterocycles. The SMILES string of the molecule is CCCCCCCCN(C(=O)C(CC(N)=O)NC(=O)OC(C)(C)C)C(C(=O)Nc1ccc2ccccc2c1)c1ccc(C)cc1C. The van der Waals surface area contributed by atoms with Gasteiger partial charge in [0, 0.05) is 12.2 Å². The Kier molecular flexibility index (Phi) is 13.2. The van der Waals surface area contributed by atoms with Crippen molar-refractivity contribution in [2.45, 2.75) is 104 Å². The van der Waals surface area contributed by atoms with Gasteiger partial charge in [-0.3, -0.25) is 14.4 Å². The summed E-state index contributed by atoms with van der Waals surface area (Å²) in [5.41, 5.74) is 7.82. The van der Waals surface area contributed by atoms with Gasteiger partial charge in [0.25, 0.3) is 5.91 Å². The number of alkyl carbamates (subject to hydrolysis) is 1. The fourth-order valence-corrected chi connectivity index (χ4v) is 5.54. The first-order chi connectivity index (χ1) is 21.8. The van der Waals surface area contributed by atoms with E-state index >= 15 is 0 Å². The summed E-state index contributed by atoms with van der Waals surface area (Å²) in [6.07, 6.45) is 4.51. The van der Waals surface area contributed by atoms with Crippen LogP contribution in [0.15, 0.2) is 60.7 Å². The van der Waals surface area contributed by atoms with E-state index in [9.17, 15) is 19.2 Å². The normalized spacial score (nSPS) is 12.7. The minimum absolute atomic E-state index is 0.235. The summed E-state index contributed by atoms with van der Waals surface area (Å²) >= 11 is 0. The van der Waals surface area contributed by atoms with Crippen LogP contribution in [0.5, 0.6) is 0 Å². The highest BCUT2D eigenvalue weighted by Crippen LogP contribution is 2.29.